The minimum Gasteiger partial charge on any atom is -0.372 e. The molecule has 0 unspecified atom stereocenters. The van der Waals surface area contributed by atoms with Crippen LogP contribution < -0.4 is 0 Å². The molecule has 1 spiro atoms. The van der Waals surface area contributed by atoms with E-state index < -0.39 is 10.0 Å². The zero-order valence-corrected chi connectivity index (χ0v) is 13.6. The Morgan fingerprint density at radius 1 is 1.41 bits per heavy atom. The highest BCUT2D eigenvalue weighted by Crippen LogP contribution is 2.37. The van der Waals surface area contributed by atoms with Gasteiger partial charge in [0.15, 0.2) is 0 Å². The summed E-state index contributed by atoms with van der Waals surface area (Å²) < 4.78 is 36.5. The zero-order valence-electron chi connectivity index (χ0n) is 12.8. The second-order valence-corrected chi connectivity index (χ2v) is 8.10. The summed E-state index contributed by atoms with van der Waals surface area (Å²) in [5.41, 5.74) is 0.700. The van der Waals surface area contributed by atoms with Gasteiger partial charge in [0, 0.05) is 25.7 Å². The molecule has 3 heterocycles. The molecule has 0 amide bonds. The lowest BCUT2D eigenvalue weighted by Crippen LogP contribution is -2.46. The Kier molecular flexibility index (Phi) is 4.49. The van der Waals surface area contributed by atoms with E-state index in [0.717, 1.165) is 25.0 Å². The molecule has 1 aromatic heterocycles. The highest BCUT2D eigenvalue weighted by atomic mass is 32.2. The lowest BCUT2D eigenvalue weighted by atomic mass is 9.89. The SMILES string of the molecule is CS(=O)(=O)N1CCC2(CC1)C[C@H](OCc1ccccn1)CO2. The quantitative estimate of drug-likeness (QED) is 0.831. The molecule has 1 atom stereocenters. The van der Waals surface area contributed by atoms with E-state index in [9.17, 15) is 8.42 Å². The van der Waals surface area contributed by atoms with Gasteiger partial charge in [-0.1, -0.05) is 6.07 Å². The van der Waals surface area contributed by atoms with E-state index >= 15 is 0 Å². The van der Waals surface area contributed by atoms with Crippen molar-refractivity contribution in [3.05, 3.63) is 30.1 Å². The molecule has 7 heteroatoms. The lowest BCUT2D eigenvalue weighted by Gasteiger charge is -2.37. The van der Waals surface area contributed by atoms with Gasteiger partial charge in [0.1, 0.15) is 0 Å². The van der Waals surface area contributed by atoms with Crippen LogP contribution in [0.2, 0.25) is 0 Å². The Balaban J connectivity index is 1.50. The van der Waals surface area contributed by atoms with Crippen LogP contribution in [0.4, 0.5) is 0 Å². The van der Waals surface area contributed by atoms with Crippen LogP contribution in [0.5, 0.6) is 0 Å². The molecule has 0 bridgehead atoms. The van der Waals surface area contributed by atoms with E-state index in [4.69, 9.17) is 9.47 Å². The summed E-state index contributed by atoms with van der Waals surface area (Å²) in [4.78, 5) is 4.24. The Labute approximate surface area is 131 Å². The first-order valence-electron chi connectivity index (χ1n) is 7.57. The molecule has 0 radical (unpaired) electrons. The van der Waals surface area contributed by atoms with Gasteiger partial charge in [-0.2, -0.15) is 0 Å². The predicted molar refractivity (Wildman–Crippen MR) is 81.8 cm³/mol. The number of pyridine rings is 1. The number of sulfonamides is 1. The maximum Gasteiger partial charge on any atom is 0.211 e. The summed E-state index contributed by atoms with van der Waals surface area (Å²) in [5.74, 6) is 0. The summed E-state index contributed by atoms with van der Waals surface area (Å²) in [6.45, 7) is 2.13. The van der Waals surface area contributed by atoms with E-state index in [1.54, 1.807) is 6.20 Å². The minimum atomic E-state index is -3.09. The summed E-state index contributed by atoms with van der Waals surface area (Å²) in [5, 5.41) is 0. The van der Waals surface area contributed by atoms with Crippen molar-refractivity contribution < 1.29 is 17.9 Å². The number of nitrogens with zero attached hydrogens (tertiary/aromatic N) is 2. The van der Waals surface area contributed by atoms with Crippen LogP contribution >= 0.6 is 0 Å². The fraction of sp³-hybridized carbons (Fsp3) is 0.667. The maximum absolute atomic E-state index is 11.6. The first kappa shape index (κ1) is 15.9. The first-order chi connectivity index (χ1) is 10.5. The summed E-state index contributed by atoms with van der Waals surface area (Å²) in [6.07, 6.45) is 5.39. The second kappa shape index (κ2) is 6.23. The predicted octanol–water partition coefficient (Wildman–Crippen LogP) is 1.18. The summed E-state index contributed by atoms with van der Waals surface area (Å²) >= 11 is 0. The van der Waals surface area contributed by atoms with Crippen LogP contribution in [0.15, 0.2) is 24.4 Å². The topological polar surface area (TPSA) is 68.7 Å². The highest BCUT2D eigenvalue weighted by molar-refractivity contribution is 7.88. The Morgan fingerprint density at radius 2 is 2.18 bits per heavy atom. The fourth-order valence-electron chi connectivity index (χ4n) is 3.17. The Hall–Kier alpha value is -1.02. The molecule has 0 saturated carbocycles. The third kappa shape index (κ3) is 3.65. The molecular formula is C15H22N2O4S. The second-order valence-electron chi connectivity index (χ2n) is 6.11. The van der Waals surface area contributed by atoms with E-state index in [0.29, 0.717) is 26.3 Å². The number of rotatable bonds is 4. The van der Waals surface area contributed by atoms with Crippen LogP contribution in [0.25, 0.3) is 0 Å². The van der Waals surface area contributed by atoms with Crippen molar-refractivity contribution in [1.29, 1.82) is 0 Å². The molecule has 0 aromatic carbocycles. The van der Waals surface area contributed by atoms with E-state index in [2.05, 4.69) is 4.98 Å². The van der Waals surface area contributed by atoms with Crippen molar-refractivity contribution >= 4 is 10.0 Å². The maximum atomic E-state index is 11.6. The number of hydrogen-bond acceptors (Lipinski definition) is 5. The van der Waals surface area contributed by atoms with Gasteiger partial charge >= 0.3 is 0 Å². The normalized spacial score (nSPS) is 25.6. The van der Waals surface area contributed by atoms with Crippen LogP contribution in [0, 0.1) is 0 Å². The molecule has 6 nitrogen and oxygen atoms in total. The average molecular weight is 326 g/mol. The van der Waals surface area contributed by atoms with Gasteiger partial charge in [0.2, 0.25) is 10.0 Å². The van der Waals surface area contributed by atoms with E-state index in [1.807, 2.05) is 18.2 Å². The van der Waals surface area contributed by atoms with Crippen LogP contribution in [-0.4, -0.2) is 55.4 Å². The third-order valence-electron chi connectivity index (χ3n) is 4.47. The van der Waals surface area contributed by atoms with Crippen LogP contribution in [0.1, 0.15) is 25.0 Å². The van der Waals surface area contributed by atoms with Crippen LogP contribution in [-0.2, 0) is 26.1 Å². The van der Waals surface area contributed by atoms with Crippen molar-refractivity contribution in [3.63, 3.8) is 0 Å². The number of aromatic nitrogens is 1. The Bertz CT molecular complexity index is 597. The number of ether oxygens (including phenoxy) is 2. The van der Waals surface area contributed by atoms with Gasteiger partial charge < -0.3 is 9.47 Å². The molecule has 2 aliphatic rings. The van der Waals surface area contributed by atoms with Gasteiger partial charge in [-0.25, -0.2) is 12.7 Å². The van der Waals surface area contributed by atoms with Gasteiger partial charge in [-0.3, -0.25) is 4.98 Å². The summed E-state index contributed by atoms with van der Waals surface area (Å²) in [6, 6.07) is 5.77. The van der Waals surface area contributed by atoms with Crippen molar-refractivity contribution in [1.82, 2.24) is 9.29 Å². The molecule has 0 N–H and O–H groups in total. The summed E-state index contributed by atoms with van der Waals surface area (Å²) in [7, 11) is -3.09. The van der Waals surface area contributed by atoms with Gasteiger partial charge in [-0.05, 0) is 25.0 Å². The fourth-order valence-corrected chi connectivity index (χ4v) is 4.02. The van der Waals surface area contributed by atoms with Crippen molar-refractivity contribution in [2.45, 2.75) is 37.6 Å². The molecule has 2 aliphatic heterocycles. The smallest absolute Gasteiger partial charge is 0.211 e. The molecule has 122 valence electrons. The molecule has 1 aromatic rings. The van der Waals surface area contributed by atoms with Crippen molar-refractivity contribution in [2.75, 3.05) is 26.0 Å². The molecule has 0 aliphatic carbocycles. The van der Waals surface area contributed by atoms with Crippen molar-refractivity contribution in [2.24, 2.45) is 0 Å². The molecular weight excluding hydrogens is 304 g/mol. The Morgan fingerprint density at radius 3 is 2.82 bits per heavy atom. The lowest BCUT2D eigenvalue weighted by molar-refractivity contribution is -0.0343. The van der Waals surface area contributed by atoms with Crippen LogP contribution in [0.3, 0.4) is 0 Å². The molecule has 2 saturated heterocycles. The first-order valence-corrected chi connectivity index (χ1v) is 9.42. The van der Waals surface area contributed by atoms with Gasteiger partial charge in [-0.15, -0.1) is 0 Å². The standard InChI is InChI=1S/C15H22N2O4S/c1-22(18,19)17-8-5-15(6-9-17)10-14(12-21-15)20-11-13-4-2-3-7-16-13/h2-4,7,14H,5-6,8-12H2,1H3/t14-/m0/s1. The molecule has 2 fully saturated rings. The minimum absolute atomic E-state index is 0.0618. The average Bonchev–Trinajstić information content (AvgIpc) is 2.89. The monoisotopic (exact) mass is 326 g/mol. The largest absolute Gasteiger partial charge is 0.372 e. The third-order valence-corrected chi connectivity index (χ3v) is 5.77. The molecule has 22 heavy (non-hydrogen) atoms. The highest BCUT2D eigenvalue weighted by Gasteiger charge is 2.44. The van der Waals surface area contributed by atoms with Gasteiger partial charge in [0.25, 0.3) is 0 Å². The van der Waals surface area contributed by atoms with Crippen molar-refractivity contribution in [3.8, 4) is 0 Å². The van der Waals surface area contributed by atoms with Gasteiger partial charge in [0.05, 0.1) is 36.9 Å². The van der Waals surface area contributed by atoms with E-state index in [-0.39, 0.29) is 11.7 Å². The number of hydrogen-bond donors (Lipinski definition) is 0. The number of piperidine rings is 1. The zero-order chi connectivity index (χ0) is 15.6. The van der Waals surface area contributed by atoms with E-state index in [1.165, 1.54) is 10.6 Å². The molecule has 3 rings (SSSR count).